The van der Waals surface area contributed by atoms with Crippen molar-refractivity contribution in [3.63, 3.8) is 0 Å². The number of aliphatic hydroxyl groups is 3. The minimum Gasteiger partial charge on any atom is -0.458 e. The standard InChI is InChI=1S/C46H57NO14/c1-24-30(58-40(54)35(57-25(2)48)33(27-16-12-10-13-17-27)47-41(55)61-42(4,5)6)23-46(56)38(59-39(53)28-18-14-11-15-19-28)36-44(9,37(52)34(51)32(24)43(46,7)8)31(50)22-29-20-21-45(29,36)60-26(3)49/h10-19,29-31,33-36,38,50-51,56H,20-23H2,1-9H3,(H,47,55)/t29-,30+,31+,33+,34-,35-,36?,38+,44-,45+,46-/m1/s1. The number of benzene rings is 2. The molecule has 0 spiro atoms. The summed E-state index contributed by atoms with van der Waals surface area (Å²) in [6.07, 6.45) is -9.23. The van der Waals surface area contributed by atoms with E-state index in [9.17, 15) is 39.3 Å². The molecule has 3 fully saturated rings. The summed E-state index contributed by atoms with van der Waals surface area (Å²) in [5.41, 5.74) is -7.83. The molecule has 15 nitrogen and oxygen atoms in total. The van der Waals surface area contributed by atoms with Gasteiger partial charge < -0.3 is 44.3 Å². The number of carbonyl (C=O) groups excluding carboxylic acids is 6. The van der Waals surface area contributed by atoms with Gasteiger partial charge in [-0.05, 0) is 82.7 Å². The molecule has 1 unspecified atom stereocenters. The number of fused-ring (bicyclic) bond motifs is 5. The number of Topliss-reactive ketones (excluding diaryl/α,β-unsaturated/α-hetero) is 1. The lowest BCUT2D eigenvalue weighted by Crippen LogP contribution is -2.78. The van der Waals surface area contributed by atoms with Gasteiger partial charge in [0.2, 0.25) is 6.10 Å². The van der Waals surface area contributed by atoms with Crippen LogP contribution in [-0.2, 0) is 42.9 Å². The fraction of sp³-hybridized carbons (Fsp3) is 0.565. The van der Waals surface area contributed by atoms with Crippen molar-refractivity contribution in [2.24, 2.45) is 22.7 Å². The molecule has 4 N–H and O–H groups in total. The third-order valence-corrected chi connectivity index (χ3v) is 13.4. The summed E-state index contributed by atoms with van der Waals surface area (Å²) < 4.78 is 29.8. The van der Waals surface area contributed by atoms with Crippen molar-refractivity contribution in [2.45, 2.75) is 141 Å². The van der Waals surface area contributed by atoms with Gasteiger partial charge in [0.05, 0.1) is 23.0 Å². The minimum absolute atomic E-state index is 0.0234. The van der Waals surface area contributed by atoms with E-state index in [2.05, 4.69) is 5.32 Å². The molecule has 0 radical (unpaired) electrons. The molecule has 15 heteroatoms. The Morgan fingerprint density at radius 3 is 2.03 bits per heavy atom. The highest BCUT2D eigenvalue weighted by molar-refractivity contribution is 5.94. The van der Waals surface area contributed by atoms with Gasteiger partial charge in [0.15, 0.2) is 5.78 Å². The van der Waals surface area contributed by atoms with E-state index in [4.69, 9.17) is 23.7 Å². The Morgan fingerprint density at radius 1 is 0.885 bits per heavy atom. The highest BCUT2D eigenvalue weighted by Gasteiger charge is 2.77. The van der Waals surface area contributed by atoms with E-state index in [1.807, 2.05) is 0 Å². The van der Waals surface area contributed by atoms with Crippen LogP contribution in [-0.4, -0.2) is 98.4 Å². The SMILES string of the molecule is CC(=O)O[C@@H](C(=O)O[C@H]1C[C@@]2(O)[C@@H](OC(=O)c3ccccc3)C3[C@](C)(C(=O)[C@H](O)C(=C1C)C2(C)C)[C@@H](O)C[C@H]1CC[C@@]31OC(C)=O)[C@@H](NC(=O)OC(C)(C)C)c1ccccc1. The van der Waals surface area contributed by atoms with Crippen molar-refractivity contribution in [1.82, 2.24) is 5.32 Å². The predicted octanol–water partition coefficient (Wildman–Crippen LogP) is 4.84. The highest BCUT2D eigenvalue weighted by atomic mass is 16.6. The molecule has 4 aliphatic rings. The quantitative estimate of drug-likeness (QED) is 0.151. The second kappa shape index (κ2) is 16.3. The van der Waals surface area contributed by atoms with Gasteiger partial charge in [0, 0.05) is 31.6 Å². The van der Waals surface area contributed by atoms with E-state index in [1.165, 1.54) is 32.9 Å². The molecule has 0 heterocycles. The van der Waals surface area contributed by atoms with Crippen LogP contribution in [0.2, 0.25) is 0 Å². The van der Waals surface area contributed by atoms with Crippen LogP contribution in [0.15, 0.2) is 71.8 Å². The van der Waals surface area contributed by atoms with Crippen LogP contribution in [0.25, 0.3) is 0 Å². The molecule has 6 rings (SSSR count). The van der Waals surface area contributed by atoms with Crippen molar-refractivity contribution in [3.05, 3.63) is 82.9 Å². The molecule has 4 aliphatic carbocycles. The summed E-state index contributed by atoms with van der Waals surface area (Å²) in [4.78, 5) is 82.7. The zero-order valence-electron chi connectivity index (χ0n) is 36.1. The van der Waals surface area contributed by atoms with Gasteiger partial charge >= 0.3 is 30.0 Å². The molecule has 0 saturated heterocycles. The zero-order valence-corrected chi connectivity index (χ0v) is 36.1. The molecule has 3 saturated carbocycles. The Hall–Kier alpha value is -5.12. The number of ketones is 1. The van der Waals surface area contributed by atoms with Gasteiger partial charge in [0.1, 0.15) is 41.2 Å². The van der Waals surface area contributed by atoms with Gasteiger partial charge in [-0.1, -0.05) is 62.4 Å². The van der Waals surface area contributed by atoms with E-state index in [0.29, 0.717) is 12.0 Å². The third kappa shape index (κ3) is 7.96. The summed E-state index contributed by atoms with van der Waals surface area (Å²) in [5.74, 6) is -6.46. The number of rotatable bonds is 9. The van der Waals surface area contributed by atoms with Crippen molar-refractivity contribution in [3.8, 4) is 0 Å². The first-order chi connectivity index (χ1) is 28.4. The van der Waals surface area contributed by atoms with Crippen molar-refractivity contribution in [1.29, 1.82) is 0 Å². The third-order valence-electron chi connectivity index (χ3n) is 13.4. The van der Waals surface area contributed by atoms with Crippen molar-refractivity contribution >= 4 is 35.8 Å². The highest BCUT2D eigenvalue weighted by Crippen LogP contribution is 2.67. The van der Waals surface area contributed by atoms with Gasteiger partial charge in [-0.25, -0.2) is 14.4 Å². The van der Waals surface area contributed by atoms with E-state index in [1.54, 1.807) is 83.1 Å². The van der Waals surface area contributed by atoms with Gasteiger partial charge in [-0.3, -0.25) is 14.4 Å². The number of carbonyl (C=O) groups is 6. The molecule has 2 aromatic carbocycles. The number of alkyl carbamates (subject to hydrolysis) is 1. The largest absolute Gasteiger partial charge is 0.458 e. The normalized spacial score (nSPS) is 32.5. The van der Waals surface area contributed by atoms with Crippen molar-refractivity contribution in [2.75, 3.05) is 0 Å². The Balaban J connectivity index is 1.52. The molecule has 330 valence electrons. The minimum atomic E-state index is -2.33. The molecular formula is C46H57NO14. The van der Waals surface area contributed by atoms with Crippen LogP contribution in [0.3, 0.4) is 0 Å². The molecule has 0 aromatic heterocycles. The lowest BCUT2D eigenvalue weighted by Gasteiger charge is -2.68. The predicted molar refractivity (Wildman–Crippen MR) is 216 cm³/mol. The Labute approximate surface area is 355 Å². The lowest BCUT2D eigenvalue weighted by atomic mass is 9.41. The van der Waals surface area contributed by atoms with E-state index in [0.717, 1.165) is 6.92 Å². The molecule has 1 amide bonds. The fourth-order valence-electron chi connectivity index (χ4n) is 10.4. The van der Waals surface area contributed by atoms with Crippen LogP contribution in [0.1, 0.15) is 110 Å². The second-order valence-electron chi connectivity index (χ2n) is 18.6. The van der Waals surface area contributed by atoms with Crippen LogP contribution in [0.4, 0.5) is 4.79 Å². The van der Waals surface area contributed by atoms with Crippen LogP contribution >= 0.6 is 0 Å². The number of ether oxygens (including phenoxy) is 5. The maximum Gasteiger partial charge on any atom is 0.408 e. The molecule has 11 atom stereocenters. The lowest BCUT2D eigenvalue weighted by molar-refractivity contribution is -0.296. The van der Waals surface area contributed by atoms with Gasteiger partial charge in [0.25, 0.3) is 0 Å². The Bertz CT molecular complexity index is 2090. The van der Waals surface area contributed by atoms with E-state index in [-0.39, 0.29) is 29.6 Å². The fourth-order valence-corrected chi connectivity index (χ4v) is 10.4. The van der Waals surface area contributed by atoms with Crippen LogP contribution in [0.5, 0.6) is 0 Å². The smallest absolute Gasteiger partial charge is 0.408 e. The summed E-state index contributed by atoms with van der Waals surface area (Å²) in [5, 5.41) is 40.5. The maximum absolute atomic E-state index is 15.1. The monoisotopic (exact) mass is 847 g/mol. The molecule has 61 heavy (non-hydrogen) atoms. The molecular weight excluding hydrogens is 790 g/mol. The Kier molecular flexibility index (Phi) is 12.1. The first-order valence-electron chi connectivity index (χ1n) is 20.6. The second-order valence-corrected chi connectivity index (χ2v) is 18.6. The summed E-state index contributed by atoms with van der Waals surface area (Å²) in [7, 11) is 0. The Morgan fingerprint density at radius 2 is 1.49 bits per heavy atom. The van der Waals surface area contributed by atoms with E-state index < -0.39 is 118 Å². The number of aliphatic hydroxyl groups excluding tert-OH is 2. The number of amides is 1. The van der Waals surface area contributed by atoms with Gasteiger partial charge in [-0.2, -0.15) is 0 Å². The zero-order chi connectivity index (χ0) is 45.0. The summed E-state index contributed by atoms with van der Waals surface area (Å²) in [6, 6.07) is 14.8. The maximum atomic E-state index is 15.1. The first kappa shape index (κ1) is 45.4. The van der Waals surface area contributed by atoms with Gasteiger partial charge in [-0.15, -0.1) is 0 Å². The average molecular weight is 848 g/mol. The molecule has 2 aromatic rings. The summed E-state index contributed by atoms with van der Waals surface area (Å²) >= 11 is 0. The van der Waals surface area contributed by atoms with Crippen LogP contribution < -0.4 is 5.32 Å². The number of hydrogen-bond acceptors (Lipinski definition) is 14. The first-order valence-corrected chi connectivity index (χ1v) is 20.6. The molecule has 0 aliphatic heterocycles. The topological polar surface area (TPSA) is 221 Å². The average Bonchev–Trinajstić information content (AvgIpc) is 3.17. The summed E-state index contributed by atoms with van der Waals surface area (Å²) in [6.45, 7) is 13.3. The van der Waals surface area contributed by atoms with Crippen molar-refractivity contribution < 1.29 is 67.8 Å². The van der Waals surface area contributed by atoms with Crippen LogP contribution in [0, 0.1) is 22.7 Å². The number of nitrogens with one attached hydrogen (secondary N) is 1. The number of esters is 4. The molecule has 2 bridgehead atoms. The van der Waals surface area contributed by atoms with E-state index >= 15 is 4.79 Å². The number of hydrogen-bond donors (Lipinski definition) is 4.